The first-order valence-electron chi connectivity index (χ1n) is 7.35. The Bertz CT molecular complexity index is 690. The highest BCUT2D eigenvalue weighted by Gasteiger charge is 2.25. The molecule has 23 heavy (non-hydrogen) atoms. The Balaban J connectivity index is 2.23. The number of thioether (sulfide) groups is 1. The van der Waals surface area contributed by atoms with Gasteiger partial charge in [-0.2, -0.15) is 0 Å². The van der Waals surface area contributed by atoms with Gasteiger partial charge in [0.2, 0.25) is 15.9 Å². The first kappa shape index (κ1) is 18.3. The van der Waals surface area contributed by atoms with Gasteiger partial charge in [0, 0.05) is 22.9 Å². The summed E-state index contributed by atoms with van der Waals surface area (Å²) in [6.07, 6.45) is 0. The predicted molar refractivity (Wildman–Crippen MR) is 94.1 cm³/mol. The SMILES string of the molecule is Cc1ccc(NC(=O)C2CSCN2)cc1S(=O)(=O)NC(C)(C)C. The Kier molecular flexibility index (Phi) is 5.40. The van der Waals surface area contributed by atoms with Crippen LogP contribution >= 0.6 is 11.8 Å². The second-order valence-corrected chi connectivity index (χ2v) is 9.28. The summed E-state index contributed by atoms with van der Waals surface area (Å²) in [5.74, 6) is 1.32. The molecule has 2 rings (SSSR count). The van der Waals surface area contributed by atoms with Crippen molar-refractivity contribution in [1.29, 1.82) is 0 Å². The molecule has 1 heterocycles. The van der Waals surface area contributed by atoms with Crippen LogP contribution in [0.1, 0.15) is 26.3 Å². The van der Waals surface area contributed by atoms with E-state index >= 15 is 0 Å². The zero-order valence-electron chi connectivity index (χ0n) is 13.8. The molecular weight excluding hydrogens is 334 g/mol. The number of anilines is 1. The Morgan fingerprint density at radius 3 is 2.61 bits per heavy atom. The maximum absolute atomic E-state index is 12.5. The minimum absolute atomic E-state index is 0.147. The minimum atomic E-state index is -3.65. The lowest BCUT2D eigenvalue weighted by atomic mass is 10.1. The van der Waals surface area contributed by atoms with Crippen molar-refractivity contribution in [2.75, 3.05) is 16.9 Å². The van der Waals surface area contributed by atoms with Crippen LogP contribution in [0.4, 0.5) is 5.69 Å². The zero-order valence-corrected chi connectivity index (χ0v) is 15.4. The third kappa shape index (κ3) is 4.94. The van der Waals surface area contributed by atoms with E-state index in [1.54, 1.807) is 51.6 Å². The molecule has 1 unspecified atom stereocenters. The summed E-state index contributed by atoms with van der Waals surface area (Å²) in [5, 5.41) is 5.86. The van der Waals surface area contributed by atoms with Crippen molar-refractivity contribution < 1.29 is 13.2 Å². The van der Waals surface area contributed by atoms with Crippen molar-refractivity contribution >= 4 is 33.4 Å². The van der Waals surface area contributed by atoms with Crippen LogP contribution in [0, 0.1) is 6.92 Å². The van der Waals surface area contributed by atoms with Crippen LogP contribution in [0.3, 0.4) is 0 Å². The van der Waals surface area contributed by atoms with Crippen LogP contribution in [-0.2, 0) is 14.8 Å². The molecule has 1 aromatic carbocycles. The van der Waals surface area contributed by atoms with E-state index in [2.05, 4.69) is 15.4 Å². The molecule has 1 amide bonds. The van der Waals surface area contributed by atoms with Gasteiger partial charge < -0.3 is 5.32 Å². The van der Waals surface area contributed by atoms with Gasteiger partial charge in [0.05, 0.1) is 10.9 Å². The van der Waals surface area contributed by atoms with Gasteiger partial charge >= 0.3 is 0 Å². The van der Waals surface area contributed by atoms with Gasteiger partial charge in [-0.15, -0.1) is 11.8 Å². The average molecular weight is 358 g/mol. The third-order valence-corrected chi connectivity index (χ3v) is 6.06. The summed E-state index contributed by atoms with van der Waals surface area (Å²) in [6.45, 7) is 7.09. The number of benzene rings is 1. The van der Waals surface area contributed by atoms with Crippen molar-refractivity contribution in [3.8, 4) is 0 Å². The number of nitrogens with one attached hydrogen (secondary N) is 3. The van der Waals surface area contributed by atoms with Crippen LogP contribution in [0.2, 0.25) is 0 Å². The number of sulfonamides is 1. The molecule has 1 aromatic rings. The summed E-state index contributed by atoms with van der Waals surface area (Å²) in [5.41, 5.74) is 0.540. The van der Waals surface area contributed by atoms with Crippen LogP contribution in [0.25, 0.3) is 0 Å². The Hall–Kier alpha value is -1.09. The Labute approximate surface area is 141 Å². The monoisotopic (exact) mass is 357 g/mol. The Morgan fingerprint density at radius 1 is 1.35 bits per heavy atom. The fraction of sp³-hybridized carbons (Fsp3) is 0.533. The maximum atomic E-state index is 12.5. The molecule has 1 atom stereocenters. The van der Waals surface area contributed by atoms with Crippen molar-refractivity contribution in [1.82, 2.24) is 10.0 Å². The largest absolute Gasteiger partial charge is 0.325 e. The van der Waals surface area contributed by atoms with E-state index in [9.17, 15) is 13.2 Å². The van der Waals surface area contributed by atoms with E-state index in [0.717, 1.165) is 5.88 Å². The highest BCUT2D eigenvalue weighted by Crippen LogP contribution is 2.22. The molecule has 0 spiro atoms. The van der Waals surface area contributed by atoms with E-state index in [1.807, 2.05) is 0 Å². The highest BCUT2D eigenvalue weighted by molar-refractivity contribution is 7.99. The molecule has 0 saturated carbocycles. The summed E-state index contributed by atoms with van der Waals surface area (Å²) >= 11 is 1.66. The topological polar surface area (TPSA) is 87.3 Å². The van der Waals surface area contributed by atoms with Gasteiger partial charge in [0.25, 0.3) is 0 Å². The lowest BCUT2D eigenvalue weighted by Gasteiger charge is -2.21. The quantitative estimate of drug-likeness (QED) is 0.763. The number of hydrogen-bond acceptors (Lipinski definition) is 5. The zero-order chi connectivity index (χ0) is 17.3. The van der Waals surface area contributed by atoms with Crippen molar-refractivity contribution in [3.05, 3.63) is 23.8 Å². The van der Waals surface area contributed by atoms with E-state index < -0.39 is 15.6 Å². The minimum Gasteiger partial charge on any atom is -0.325 e. The smallest absolute Gasteiger partial charge is 0.242 e. The molecule has 1 aliphatic heterocycles. The summed E-state index contributed by atoms with van der Waals surface area (Å²) < 4.78 is 27.7. The number of carbonyl (C=O) groups is 1. The molecular formula is C15H23N3O3S2. The predicted octanol–water partition coefficient (Wildman–Crippen LogP) is 1.67. The molecule has 0 radical (unpaired) electrons. The summed E-state index contributed by atoms with van der Waals surface area (Å²) in [6, 6.07) is 4.67. The van der Waals surface area contributed by atoms with Gasteiger partial charge in [-0.1, -0.05) is 6.07 Å². The molecule has 1 saturated heterocycles. The Morgan fingerprint density at radius 2 is 2.04 bits per heavy atom. The number of rotatable bonds is 4. The van der Waals surface area contributed by atoms with E-state index in [1.165, 1.54) is 6.07 Å². The fourth-order valence-electron chi connectivity index (χ4n) is 2.22. The molecule has 0 aromatic heterocycles. The average Bonchev–Trinajstić information content (AvgIpc) is 2.92. The van der Waals surface area contributed by atoms with Crippen molar-refractivity contribution in [3.63, 3.8) is 0 Å². The van der Waals surface area contributed by atoms with Gasteiger partial charge in [-0.3, -0.25) is 10.1 Å². The maximum Gasteiger partial charge on any atom is 0.242 e. The number of hydrogen-bond donors (Lipinski definition) is 3. The normalized spacial score (nSPS) is 18.9. The van der Waals surface area contributed by atoms with E-state index in [-0.39, 0.29) is 16.8 Å². The number of aryl methyl sites for hydroxylation is 1. The molecule has 3 N–H and O–H groups in total. The van der Waals surface area contributed by atoms with Crippen molar-refractivity contribution in [2.45, 2.75) is 44.2 Å². The standard InChI is InChI=1S/C15H23N3O3S2/c1-10-5-6-11(17-14(19)12-8-22-9-16-12)7-13(10)23(20,21)18-15(2,3)4/h5-7,12,16,18H,8-9H2,1-4H3,(H,17,19). The summed E-state index contributed by atoms with van der Waals surface area (Å²) in [4.78, 5) is 12.3. The molecule has 1 fully saturated rings. The molecule has 1 aliphatic rings. The second-order valence-electron chi connectivity index (χ2n) is 6.60. The number of amides is 1. The first-order valence-corrected chi connectivity index (χ1v) is 9.99. The van der Waals surface area contributed by atoms with E-state index in [0.29, 0.717) is 17.0 Å². The van der Waals surface area contributed by atoms with Crippen LogP contribution < -0.4 is 15.4 Å². The third-order valence-electron chi connectivity index (χ3n) is 3.22. The summed E-state index contributed by atoms with van der Waals surface area (Å²) in [7, 11) is -3.65. The van der Waals surface area contributed by atoms with Crippen LogP contribution in [-0.4, -0.2) is 37.5 Å². The first-order chi connectivity index (χ1) is 10.6. The molecule has 6 nitrogen and oxygen atoms in total. The lowest BCUT2D eigenvalue weighted by molar-refractivity contribution is -0.117. The van der Waals surface area contributed by atoms with Gasteiger partial charge in [-0.05, 0) is 45.4 Å². The van der Waals surface area contributed by atoms with Crippen molar-refractivity contribution in [2.24, 2.45) is 0 Å². The highest BCUT2D eigenvalue weighted by atomic mass is 32.2. The van der Waals surface area contributed by atoms with Gasteiger partial charge in [-0.25, -0.2) is 13.1 Å². The van der Waals surface area contributed by atoms with Crippen LogP contribution in [0.5, 0.6) is 0 Å². The second kappa shape index (κ2) is 6.80. The van der Waals surface area contributed by atoms with Gasteiger partial charge in [0.1, 0.15) is 0 Å². The van der Waals surface area contributed by atoms with Gasteiger partial charge in [0.15, 0.2) is 0 Å². The molecule has 128 valence electrons. The fourth-order valence-corrected chi connectivity index (χ4v) is 4.85. The lowest BCUT2D eigenvalue weighted by Crippen LogP contribution is -2.40. The van der Waals surface area contributed by atoms with E-state index in [4.69, 9.17) is 0 Å². The molecule has 0 bridgehead atoms. The number of carbonyl (C=O) groups excluding carboxylic acids is 1. The van der Waals surface area contributed by atoms with Crippen LogP contribution in [0.15, 0.2) is 23.1 Å². The molecule has 0 aliphatic carbocycles. The molecule has 8 heteroatoms.